The van der Waals surface area contributed by atoms with Gasteiger partial charge in [-0.15, -0.1) is 0 Å². The highest BCUT2D eigenvalue weighted by Crippen LogP contribution is 2.39. The molecule has 0 heterocycles. The number of hydrogen-bond donors (Lipinski definition) is 2. The molecule has 2 atom stereocenters. The summed E-state index contributed by atoms with van der Waals surface area (Å²) in [5.74, 6) is -3.17. The number of carboxylic acids is 1. The van der Waals surface area contributed by atoms with E-state index in [1.54, 1.807) is 39.8 Å². The fourth-order valence-electron chi connectivity index (χ4n) is 2.81. The van der Waals surface area contributed by atoms with Gasteiger partial charge >= 0.3 is 11.9 Å². The Morgan fingerprint density at radius 3 is 2.04 bits per heavy atom. The molecule has 128 valence electrons. The van der Waals surface area contributed by atoms with Crippen LogP contribution < -0.4 is 0 Å². The average Bonchev–Trinajstić information content (AvgIpc) is 2.36. The largest absolute Gasteiger partial charge is 0.508 e. The summed E-state index contributed by atoms with van der Waals surface area (Å²) in [6.45, 7) is 8.82. The molecule has 0 radical (unpaired) electrons. The molecular formula is C18H26O5. The van der Waals surface area contributed by atoms with Crippen LogP contribution in [0.3, 0.4) is 0 Å². The van der Waals surface area contributed by atoms with E-state index in [1.807, 2.05) is 6.92 Å². The van der Waals surface area contributed by atoms with Crippen LogP contribution in [-0.4, -0.2) is 27.8 Å². The Bertz CT molecular complexity index is 556. The quantitative estimate of drug-likeness (QED) is 0.618. The Balaban J connectivity index is 3.33. The van der Waals surface area contributed by atoms with E-state index < -0.39 is 28.9 Å². The Hall–Kier alpha value is -2.04. The minimum atomic E-state index is -1.31. The van der Waals surface area contributed by atoms with Gasteiger partial charge in [-0.05, 0) is 44.9 Å². The number of benzene rings is 1. The zero-order valence-electron chi connectivity index (χ0n) is 14.4. The fraction of sp³-hybridized carbons (Fsp3) is 0.556. The smallest absolute Gasteiger partial charge is 0.321 e. The first-order valence-electron chi connectivity index (χ1n) is 7.76. The van der Waals surface area contributed by atoms with Gasteiger partial charge in [-0.2, -0.15) is 0 Å². The molecule has 1 aromatic rings. The summed E-state index contributed by atoms with van der Waals surface area (Å²) >= 11 is 0. The summed E-state index contributed by atoms with van der Waals surface area (Å²) in [7, 11) is 0. The zero-order valence-corrected chi connectivity index (χ0v) is 14.4. The molecular weight excluding hydrogens is 296 g/mol. The van der Waals surface area contributed by atoms with Gasteiger partial charge in [0.1, 0.15) is 11.4 Å². The van der Waals surface area contributed by atoms with Crippen molar-refractivity contribution in [1.82, 2.24) is 0 Å². The topological polar surface area (TPSA) is 83.8 Å². The summed E-state index contributed by atoms with van der Waals surface area (Å²) < 4.78 is 5.33. The van der Waals surface area contributed by atoms with Crippen LogP contribution in [0.25, 0.3) is 0 Å². The highest BCUT2D eigenvalue weighted by Gasteiger charge is 2.47. The molecule has 23 heavy (non-hydrogen) atoms. The van der Waals surface area contributed by atoms with Gasteiger partial charge in [0.2, 0.25) is 0 Å². The predicted molar refractivity (Wildman–Crippen MR) is 87.3 cm³/mol. The number of ether oxygens (including phenoxy) is 1. The zero-order chi connectivity index (χ0) is 17.8. The van der Waals surface area contributed by atoms with Gasteiger partial charge in [-0.3, -0.25) is 9.59 Å². The Kier molecular flexibility index (Phi) is 5.81. The lowest BCUT2D eigenvalue weighted by atomic mass is 9.68. The fourth-order valence-corrected chi connectivity index (χ4v) is 2.81. The van der Waals surface area contributed by atoms with Crippen molar-refractivity contribution in [2.24, 2.45) is 5.92 Å². The number of carbonyl (C=O) groups is 2. The van der Waals surface area contributed by atoms with Crippen LogP contribution in [0.15, 0.2) is 24.3 Å². The van der Waals surface area contributed by atoms with Gasteiger partial charge in [0.15, 0.2) is 5.92 Å². The van der Waals surface area contributed by atoms with E-state index in [4.69, 9.17) is 4.74 Å². The average molecular weight is 322 g/mol. The minimum absolute atomic E-state index is 0.0942. The van der Waals surface area contributed by atoms with E-state index in [1.165, 1.54) is 12.1 Å². The third kappa shape index (κ3) is 4.71. The van der Waals surface area contributed by atoms with Crippen LogP contribution in [0.5, 0.6) is 5.75 Å². The number of aromatic hydroxyl groups is 1. The lowest BCUT2D eigenvalue weighted by Gasteiger charge is -2.36. The molecule has 0 amide bonds. The van der Waals surface area contributed by atoms with Crippen LogP contribution in [0.2, 0.25) is 0 Å². The summed E-state index contributed by atoms with van der Waals surface area (Å²) in [6.07, 6.45) is 1.22. The lowest BCUT2D eigenvalue weighted by Crippen LogP contribution is -2.45. The summed E-state index contributed by atoms with van der Waals surface area (Å²) in [6, 6.07) is 6.31. The Morgan fingerprint density at radius 1 is 1.13 bits per heavy atom. The standard InChI is InChI=1S/C18H26O5/c1-6-11-18(5,12-7-9-13(19)10-8-12)14(15(20)21)16(22)23-17(2,3)4/h7-10,14,19H,6,11H2,1-5H3,(H,20,21). The number of aliphatic carboxylic acids is 1. The molecule has 2 unspecified atom stereocenters. The van der Waals surface area contributed by atoms with E-state index in [2.05, 4.69) is 0 Å². The number of carboxylic acid groups (broad SMARTS) is 1. The molecule has 0 spiro atoms. The van der Waals surface area contributed by atoms with Crippen LogP contribution in [0.1, 0.15) is 53.0 Å². The van der Waals surface area contributed by atoms with Crippen molar-refractivity contribution >= 4 is 11.9 Å². The summed E-state index contributed by atoms with van der Waals surface area (Å²) in [5.41, 5.74) is -0.987. The highest BCUT2D eigenvalue weighted by atomic mass is 16.6. The van der Waals surface area contributed by atoms with Gasteiger partial charge in [0, 0.05) is 5.41 Å². The van der Waals surface area contributed by atoms with E-state index in [0.29, 0.717) is 18.4 Å². The maximum absolute atomic E-state index is 12.5. The third-order valence-electron chi connectivity index (χ3n) is 3.82. The van der Waals surface area contributed by atoms with Crippen molar-refractivity contribution < 1.29 is 24.5 Å². The summed E-state index contributed by atoms with van der Waals surface area (Å²) in [5, 5.41) is 19.1. The monoisotopic (exact) mass is 322 g/mol. The lowest BCUT2D eigenvalue weighted by molar-refractivity contribution is -0.170. The number of phenols is 1. The third-order valence-corrected chi connectivity index (χ3v) is 3.82. The van der Waals surface area contributed by atoms with Crippen molar-refractivity contribution in [3.05, 3.63) is 29.8 Å². The Morgan fingerprint density at radius 2 is 1.65 bits per heavy atom. The van der Waals surface area contributed by atoms with Gasteiger partial charge in [-0.25, -0.2) is 0 Å². The van der Waals surface area contributed by atoms with E-state index >= 15 is 0 Å². The second-order valence-electron chi connectivity index (χ2n) is 7.02. The first kappa shape index (κ1) is 19.0. The normalized spacial score (nSPS) is 15.5. The SMILES string of the molecule is CCCC(C)(c1ccc(O)cc1)C(C(=O)O)C(=O)OC(C)(C)C. The molecule has 0 aliphatic carbocycles. The van der Waals surface area contributed by atoms with E-state index in [9.17, 15) is 19.8 Å². The van der Waals surface area contributed by atoms with Crippen molar-refractivity contribution in [3.8, 4) is 5.75 Å². The molecule has 0 aromatic heterocycles. The van der Waals surface area contributed by atoms with Crippen LogP contribution in [-0.2, 0) is 19.7 Å². The maximum Gasteiger partial charge on any atom is 0.321 e. The number of phenolic OH excluding ortho intramolecular Hbond substituents is 1. The molecule has 0 fully saturated rings. The van der Waals surface area contributed by atoms with Gasteiger partial charge in [-0.1, -0.05) is 32.4 Å². The molecule has 2 N–H and O–H groups in total. The van der Waals surface area contributed by atoms with E-state index in [-0.39, 0.29) is 5.75 Å². The molecule has 0 aliphatic heterocycles. The molecule has 0 saturated heterocycles. The molecule has 5 heteroatoms. The van der Waals surface area contributed by atoms with Crippen LogP contribution in [0, 0.1) is 5.92 Å². The molecule has 0 aliphatic rings. The minimum Gasteiger partial charge on any atom is -0.508 e. The molecule has 1 rings (SSSR count). The second kappa shape index (κ2) is 7.02. The maximum atomic E-state index is 12.5. The summed E-state index contributed by atoms with van der Waals surface area (Å²) in [4.78, 5) is 24.3. The molecule has 5 nitrogen and oxygen atoms in total. The first-order chi connectivity index (χ1) is 10.5. The van der Waals surface area contributed by atoms with Gasteiger partial charge < -0.3 is 14.9 Å². The van der Waals surface area contributed by atoms with E-state index in [0.717, 1.165) is 0 Å². The van der Waals surface area contributed by atoms with Crippen LogP contribution >= 0.6 is 0 Å². The first-order valence-corrected chi connectivity index (χ1v) is 7.76. The second-order valence-corrected chi connectivity index (χ2v) is 7.02. The predicted octanol–water partition coefficient (Wildman–Crippen LogP) is 3.49. The van der Waals surface area contributed by atoms with Crippen LogP contribution in [0.4, 0.5) is 0 Å². The molecule has 1 aromatic carbocycles. The Labute approximate surface area is 137 Å². The number of esters is 1. The number of rotatable bonds is 6. The number of carbonyl (C=O) groups excluding carboxylic acids is 1. The van der Waals surface area contributed by atoms with Crippen molar-refractivity contribution in [2.45, 2.75) is 58.5 Å². The van der Waals surface area contributed by atoms with Crippen molar-refractivity contribution in [2.75, 3.05) is 0 Å². The van der Waals surface area contributed by atoms with Crippen molar-refractivity contribution in [1.29, 1.82) is 0 Å². The van der Waals surface area contributed by atoms with Gasteiger partial charge in [0.25, 0.3) is 0 Å². The number of hydrogen-bond acceptors (Lipinski definition) is 4. The van der Waals surface area contributed by atoms with Gasteiger partial charge in [0.05, 0.1) is 0 Å². The molecule has 0 bridgehead atoms. The van der Waals surface area contributed by atoms with Crippen molar-refractivity contribution in [3.63, 3.8) is 0 Å². The highest BCUT2D eigenvalue weighted by molar-refractivity contribution is 5.96. The molecule has 0 saturated carbocycles.